The maximum absolute atomic E-state index is 12.7. The van der Waals surface area contributed by atoms with Gasteiger partial charge in [-0.25, -0.2) is 9.67 Å². The fourth-order valence-corrected chi connectivity index (χ4v) is 4.22. The quantitative estimate of drug-likeness (QED) is 0.517. The SMILES string of the molecule is Cc1cc(C)n(-c2ccc(C(=O)Nc3ccc(-c4ncc5n4CCCC5)cc3)cc2)n1. The molecule has 6 nitrogen and oxygen atoms in total. The fraction of sp³-hybridized carbons (Fsp3) is 0.240. The molecule has 4 aromatic rings. The summed E-state index contributed by atoms with van der Waals surface area (Å²) in [5, 5.41) is 7.47. The van der Waals surface area contributed by atoms with E-state index in [-0.39, 0.29) is 5.91 Å². The molecule has 31 heavy (non-hydrogen) atoms. The Morgan fingerprint density at radius 2 is 1.77 bits per heavy atom. The summed E-state index contributed by atoms with van der Waals surface area (Å²) in [6.07, 6.45) is 5.51. The zero-order chi connectivity index (χ0) is 21.4. The Bertz CT molecular complexity index is 1230. The van der Waals surface area contributed by atoms with Gasteiger partial charge in [0.2, 0.25) is 0 Å². The molecule has 1 aliphatic rings. The van der Waals surface area contributed by atoms with Crippen molar-refractivity contribution < 1.29 is 4.79 Å². The molecular formula is C25H25N5O. The van der Waals surface area contributed by atoms with Gasteiger partial charge in [0.05, 0.1) is 11.4 Å². The Hall–Kier alpha value is -3.67. The van der Waals surface area contributed by atoms with Gasteiger partial charge in [0.15, 0.2) is 0 Å². The van der Waals surface area contributed by atoms with Gasteiger partial charge >= 0.3 is 0 Å². The van der Waals surface area contributed by atoms with E-state index in [0.717, 1.165) is 47.1 Å². The zero-order valence-electron chi connectivity index (χ0n) is 17.8. The van der Waals surface area contributed by atoms with Crippen molar-refractivity contribution in [3.05, 3.63) is 83.4 Å². The van der Waals surface area contributed by atoms with Crippen molar-refractivity contribution in [2.45, 2.75) is 39.7 Å². The number of rotatable bonds is 4. The molecule has 0 radical (unpaired) electrons. The van der Waals surface area contributed by atoms with Gasteiger partial charge in [-0.15, -0.1) is 0 Å². The number of benzene rings is 2. The lowest BCUT2D eigenvalue weighted by molar-refractivity contribution is 0.102. The molecule has 0 fully saturated rings. The molecule has 0 unspecified atom stereocenters. The van der Waals surface area contributed by atoms with Gasteiger partial charge in [-0.1, -0.05) is 0 Å². The van der Waals surface area contributed by atoms with Gasteiger partial charge in [-0.05, 0) is 87.7 Å². The number of hydrogen-bond acceptors (Lipinski definition) is 3. The van der Waals surface area contributed by atoms with Crippen molar-refractivity contribution in [1.82, 2.24) is 19.3 Å². The minimum atomic E-state index is -0.133. The van der Waals surface area contributed by atoms with E-state index in [0.29, 0.717) is 5.56 Å². The predicted octanol–water partition coefficient (Wildman–Crippen LogP) is 4.94. The lowest BCUT2D eigenvalue weighted by Crippen LogP contribution is -2.12. The Balaban J connectivity index is 1.29. The average Bonchev–Trinajstić information content (AvgIpc) is 3.37. The maximum Gasteiger partial charge on any atom is 0.255 e. The van der Waals surface area contributed by atoms with Crippen molar-refractivity contribution in [1.29, 1.82) is 0 Å². The Morgan fingerprint density at radius 3 is 2.48 bits per heavy atom. The molecule has 3 heterocycles. The largest absolute Gasteiger partial charge is 0.328 e. The first-order valence-electron chi connectivity index (χ1n) is 10.7. The van der Waals surface area contributed by atoms with Gasteiger partial charge in [0.25, 0.3) is 5.91 Å². The van der Waals surface area contributed by atoms with Crippen LogP contribution in [0.25, 0.3) is 17.1 Å². The van der Waals surface area contributed by atoms with E-state index in [9.17, 15) is 4.79 Å². The third kappa shape index (κ3) is 3.77. The van der Waals surface area contributed by atoms with Crippen LogP contribution in [-0.4, -0.2) is 25.2 Å². The number of nitrogens with zero attached hydrogens (tertiary/aromatic N) is 4. The van der Waals surface area contributed by atoms with E-state index in [1.165, 1.54) is 18.5 Å². The lowest BCUT2D eigenvalue weighted by Gasteiger charge is -2.16. The summed E-state index contributed by atoms with van der Waals surface area (Å²) in [6.45, 7) is 5.01. The normalized spacial score (nSPS) is 13.1. The first-order valence-corrected chi connectivity index (χ1v) is 10.7. The Kier molecular flexibility index (Phi) is 4.90. The van der Waals surface area contributed by atoms with Crippen molar-refractivity contribution in [3.8, 4) is 17.1 Å². The number of carbonyl (C=O) groups excluding carboxylic acids is 1. The van der Waals surface area contributed by atoms with E-state index in [2.05, 4.69) is 20.0 Å². The molecule has 0 aliphatic carbocycles. The second-order valence-electron chi connectivity index (χ2n) is 8.10. The Morgan fingerprint density at radius 1 is 1.00 bits per heavy atom. The molecule has 5 rings (SSSR count). The van der Waals surface area contributed by atoms with Gasteiger partial charge < -0.3 is 9.88 Å². The molecule has 6 heteroatoms. The first-order chi connectivity index (χ1) is 15.1. The molecule has 1 aliphatic heterocycles. The number of aromatic nitrogens is 4. The summed E-state index contributed by atoms with van der Waals surface area (Å²) >= 11 is 0. The minimum Gasteiger partial charge on any atom is -0.328 e. The summed E-state index contributed by atoms with van der Waals surface area (Å²) in [6, 6.07) is 17.4. The highest BCUT2D eigenvalue weighted by Gasteiger charge is 2.15. The summed E-state index contributed by atoms with van der Waals surface area (Å²) in [5.74, 6) is 0.873. The van der Waals surface area contributed by atoms with E-state index in [4.69, 9.17) is 0 Å². The molecule has 0 saturated carbocycles. The van der Waals surface area contributed by atoms with Crippen LogP contribution in [0.3, 0.4) is 0 Å². The van der Waals surface area contributed by atoms with Crippen LogP contribution in [-0.2, 0) is 13.0 Å². The van der Waals surface area contributed by atoms with Gasteiger partial charge in [-0.3, -0.25) is 4.79 Å². The highest BCUT2D eigenvalue weighted by Crippen LogP contribution is 2.25. The fourth-order valence-electron chi connectivity index (χ4n) is 4.22. The van der Waals surface area contributed by atoms with Gasteiger partial charge in [0.1, 0.15) is 5.82 Å². The number of nitrogens with one attached hydrogen (secondary N) is 1. The van der Waals surface area contributed by atoms with Crippen molar-refractivity contribution in [3.63, 3.8) is 0 Å². The second-order valence-corrected chi connectivity index (χ2v) is 8.10. The zero-order valence-corrected chi connectivity index (χ0v) is 17.8. The number of imidazole rings is 1. The molecule has 0 spiro atoms. The predicted molar refractivity (Wildman–Crippen MR) is 122 cm³/mol. The molecule has 0 saturated heterocycles. The number of anilines is 1. The van der Waals surface area contributed by atoms with Gasteiger partial charge in [-0.2, -0.15) is 5.10 Å². The van der Waals surface area contributed by atoms with Crippen molar-refractivity contribution >= 4 is 11.6 Å². The maximum atomic E-state index is 12.7. The van der Waals surface area contributed by atoms with E-state index >= 15 is 0 Å². The third-order valence-electron chi connectivity index (χ3n) is 5.79. The van der Waals surface area contributed by atoms with Crippen LogP contribution in [0.15, 0.2) is 60.8 Å². The number of hydrogen-bond donors (Lipinski definition) is 1. The molecule has 2 aromatic carbocycles. The van der Waals surface area contributed by atoms with Crippen LogP contribution in [0.4, 0.5) is 5.69 Å². The van der Waals surface area contributed by atoms with E-state index in [1.807, 2.05) is 79.3 Å². The monoisotopic (exact) mass is 411 g/mol. The highest BCUT2D eigenvalue weighted by molar-refractivity contribution is 6.04. The molecule has 1 N–H and O–H groups in total. The standard InChI is InChI=1S/C25H25N5O/c1-17-15-18(2)30(28-17)22-12-8-20(9-13-22)25(31)27-21-10-6-19(7-11-21)24-26-16-23-5-3-4-14-29(23)24/h6-13,15-16H,3-5,14H2,1-2H3,(H,27,31). The molecule has 2 aromatic heterocycles. The molecule has 0 bridgehead atoms. The smallest absolute Gasteiger partial charge is 0.255 e. The van der Waals surface area contributed by atoms with E-state index in [1.54, 1.807) is 0 Å². The van der Waals surface area contributed by atoms with Crippen LogP contribution >= 0.6 is 0 Å². The number of amides is 1. The Labute approximate surface area is 181 Å². The van der Waals surface area contributed by atoms with Crippen LogP contribution in [0.1, 0.15) is 40.3 Å². The van der Waals surface area contributed by atoms with Crippen LogP contribution in [0, 0.1) is 13.8 Å². The highest BCUT2D eigenvalue weighted by atomic mass is 16.1. The third-order valence-corrected chi connectivity index (χ3v) is 5.79. The number of aryl methyl sites for hydroxylation is 3. The van der Waals surface area contributed by atoms with Crippen LogP contribution < -0.4 is 5.32 Å². The molecule has 1 amide bonds. The molecule has 0 atom stereocenters. The van der Waals surface area contributed by atoms with Crippen molar-refractivity contribution in [2.75, 3.05) is 5.32 Å². The van der Waals surface area contributed by atoms with E-state index < -0.39 is 0 Å². The first kappa shape index (κ1) is 19.3. The minimum absolute atomic E-state index is 0.133. The topological polar surface area (TPSA) is 64.7 Å². The summed E-state index contributed by atoms with van der Waals surface area (Å²) in [7, 11) is 0. The van der Waals surface area contributed by atoms with Crippen molar-refractivity contribution in [2.24, 2.45) is 0 Å². The average molecular weight is 412 g/mol. The molecule has 156 valence electrons. The lowest BCUT2D eigenvalue weighted by atomic mass is 10.1. The molecular weight excluding hydrogens is 386 g/mol. The summed E-state index contributed by atoms with van der Waals surface area (Å²) in [5.41, 5.74) is 6.73. The second kappa shape index (κ2) is 7.87. The summed E-state index contributed by atoms with van der Waals surface area (Å²) < 4.78 is 4.19. The van der Waals surface area contributed by atoms with Crippen LogP contribution in [0.2, 0.25) is 0 Å². The summed E-state index contributed by atoms with van der Waals surface area (Å²) in [4.78, 5) is 17.3. The number of carbonyl (C=O) groups is 1. The van der Waals surface area contributed by atoms with Gasteiger partial charge in [0, 0.05) is 40.9 Å². The van der Waals surface area contributed by atoms with Crippen LogP contribution in [0.5, 0.6) is 0 Å². The number of fused-ring (bicyclic) bond motifs is 1.